The van der Waals surface area contributed by atoms with Gasteiger partial charge in [0.05, 0.1) is 17.5 Å². The van der Waals surface area contributed by atoms with Gasteiger partial charge in [-0.25, -0.2) is 26.9 Å². The molecule has 6 unspecified atom stereocenters. The fourth-order valence-electron chi connectivity index (χ4n) is 7.45. The average molecular weight is 756 g/mol. The highest BCUT2D eigenvalue weighted by Crippen LogP contribution is 2.66. The Morgan fingerprint density at radius 1 is 0.745 bits per heavy atom. The fraction of sp³-hybridized carbons (Fsp3) is 0.250. The number of aromatic hydroxyl groups is 1. The summed E-state index contributed by atoms with van der Waals surface area (Å²) < 4.78 is 73.5. The number of hydrogen-bond donors (Lipinski definition) is 1. The zero-order valence-corrected chi connectivity index (χ0v) is 26.5. The number of amides is 4. The van der Waals surface area contributed by atoms with E-state index in [0.29, 0.717) is 10.0 Å². The summed E-state index contributed by atoms with van der Waals surface area (Å²) in [4.78, 5) is 51.6. The van der Waals surface area contributed by atoms with Gasteiger partial charge in [-0.15, -0.1) is 23.2 Å². The SMILES string of the molecule is O=C1C2CC=C3C(CC4(Cl)C(=O)N(c5c(F)c(F)c(F)c(F)c5F)C(=O)C4(Cl)C3c3ccc(O)cc3)C2C(=O)N1c1ccc(Br)cc1. The van der Waals surface area contributed by atoms with E-state index in [1.807, 2.05) is 0 Å². The number of halogens is 8. The third-order valence-corrected chi connectivity index (χ3v) is 11.5. The number of carbonyl (C=O) groups is 4. The monoisotopic (exact) mass is 754 g/mol. The van der Waals surface area contributed by atoms with Crippen molar-refractivity contribution in [1.29, 1.82) is 0 Å². The van der Waals surface area contributed by atoms with Gasteiger partial charge >= 0.3 is 0 Å². The van der Waals surface area contributed by atoms with E-state index in [4.69, 9.17) is 23.2 Å². The second-order valence-corrected chi connectivity index (χ2v) is 13.9. The smallest absolute Gasteiger partial charge is 0.258 e. The maximum Gasteiger partial charge on any atom is 0.258 e. The van der Waals surface area contributed by atoms with Crippen molar-refractivity contribution in [3.63, 3.8) is 0 Å². The number of imide groups is 2. The van der Waals surface area contributed by atoms with E-state index in [2.05, 4.69) is 15.9 Å². The highest BCUT2D eigenvalue weighted by Gasteiger charge is 2.77. The minimum absolute atomic E-state index is 0.00836. The van der Waals surface area contributed by atoms with Crippen LogP contribution >= 0.6 is 39.1 Å². The van der Waals surface area contributed by atoms with Crippen LogP contribution in [-0.2, 0) is 19.2 Å². The third-order valence-electron chi connectivity index (χ3n) is 9.53. The molecule has 4 aliphatic rings. The Labute approximate surface area is 280 Å². The normalized spacial score (nSPS) is 30.0. The van der Waals surface area contributed by atoms with E-state index >= 15 is 8.78 Å². The molecule has 0 radical (unpaired) electrons. The molecule has 1 N–H and O–H groups in total. The Morgan fingerprint density at radius 3 is 1.91 bits per heavy atom. The maximum absolute atomic E-state index is 15.1. The molecule has 7 rings (SSSR count). The lowest BCUT2D eigenvalue weighted by Crippen LogP contribution is -2.60. The van der Waals surface area contributed by atoms with Crippen LogP contribution < -0.4 is 9.80 Å². The molecule has 2 aliphatic heterocycles. The predicted molar refractivity (Wildman–Crippen MR) is 161 cm³/mol. The van der Waals surface area contributed by atoms with Gasteiger partial charge in [0.2, 0.25) is 17.6 Å². The number of fused-ring (bicyclic) bond motifs is 4. The summed E-state index contributed by atoms with van der Waals surface area (Å²) in [7, 11) is 0. The topological polar surface area (TPSA) is 95.0 Å². The molecule has 2 heterocycles. The van der Waals surface area contributed by atoms with E-state index in [-0.39, 0.29) is 28.3 Å². The Bertz CT molecular complexity index is 1950. The molecule has 0 spiro atoms. The van der Waals surface area contributed by atoms with Crippen molar-refractivity contribution in [1.82, 2.24) is 0 Å². The lowest BCUT2D eigenvalue weighted by Gasteiger charge is -2.50. The van der Waals surface area contributed by atoms with Crippen molar-refractivity contribution < 1.29 is 46.2 Å². The van der Waals surface area contributed by atoms with Crippen LogP contribution in [0.4, 0.5) is 33.3 Å². The van der Waals surface area contributed by atoms with E-state index < -0.39 is 98.2 Å². The largest absolute Gasteiger partial charge is 0.508 e. The molecular weight excluding hydrogens is 738 g/mol. The minimum Gasteiger partial charge on any atom is -0.508 e. The number of rotatable bonds is 3. The first kappa shape index (κ1) is 31.8. The summed E-state index contributed by atoms with van der Waals surface area (Å²) in [6.45, 7) is 0. The van der Waals surface area contributed by atoms with E-state index in [1.165, 1.54) is 24.3 Å². The molecule has 3 aromatic carbocycles. The third kappa shape index (κ3) is 4.08. The average Bonchev–Trinajstić information content (AvgIpc) is 3.38. The summed E-state index contributed by atoms with van der Waals surface area (Å²) in [5, 5.41) is 9.97. The molecule has 4 amide bonds. The molecule has 0 aromatic heterocycles. The lowest BCUT2D eigenvalue weighted by atomic mass is 9.56. The van der Waals surface area contributed by atoms with Crippen LogP contribution in [0.15, 0.2) is 64.7 Å². The highest BCUT2D eigenvalue weighted by atomic mass is 79.9. The molecule has 6 atom stereocenters. The Kier molecular flexibility index (Phi) is 7.16. The number of nitrogens with zero attached hydrogens (tertiary/aromatic N) is 2. The summed E-state index contributed by atoms with van der Waals surface area (Å²) in [6.07, 6.45) is 0.997. The summed E-state index contributed by atoms with van der Waals surface area (Å²) >= 11 is 17.4. The summed E-state index contributed by atoms with van der Waals surface area (Å²) in [5.74, 6) is -21.2. The van der Waals surface area contributed by atoms with Crippen molar-refractivity contribution in [2.45, 2.75) is 28.5 Å². The second-order valence-electron chi connectivity index (χ2n) is 11.8. The van der Waals surface area contributed by atoms with Crippen molar-refractivity contribution in [3.8, 4) is 5.75 Å². The zero-order chi connectivity index (χ0) is 33.9. The van der Waals surface area contributed by atoms with Gasteiger partial charge < -0.3 is 5.11 Å². The fourth-order valence-corrected chi connectivity index (χ4v) is 8.65. The first-order valence-electron chi connectivity index (χ1n) is 14.1. The molecule has 1 saturated carbocycles. The van der Waals surface area contributed by atoms with Gasteiger partial charge in [-0.3, -0.25) is 24.1 Å². The van der Waals surface area contributed by atoms with Crippen LogP contribution in [-0.4, -0.2) is 38.5 Å². The number of carbonyl (C=O) groups excluding carboxylic acids is 4. The lowest BCUT2D eigenvalue weighted by molar-refractivity contribution is -0.125. The molecule has 15 heteroatoms. The Balaban J connectivity index is 1.42. The van der Waals surface area contributed by atoms with Crippen LogP contribution in [0, 0.1) is 46.8 Å². The van der Waals surface area contributed by atoms with Crippen molar-refractivity contribution in [2.75, 3.05) is 9.80 Å². The molecule has 47 heavy (non-hydrogen) atoms. The minimum atomic E-state index is -2.63. The van der Waals surface area contributed by atoms with Gasteiger partial charge in [-0.05, 0) is 60.7 Å². The Morgan fingerprint density at radius 2 is 1.32 bits per heavy atom. The van der Waals surface area contributed by atoms with Gasteiger partial charge in [-0.2, -0.15) is 0 Å². The van der Waals surface area contributed by atoms with Crippen LogP contribution in [0.3, 0.4) is 0 Å². The molecule has 3 fully saturated rings. The number of alkyl halides is 2. The molecule has 3 aromatic rings. The summed E-state index contributed by atoms with van der Waals surface area (Å²) in [6, 6.07) is 11.6. The van der Waals surface area contributed by atoms with E-state index in [9.17, 15) is 37.5 Å². The predicted octanol–water partition coefficient (Wildman–Crippen LogP) is 6.62. The van der Waals surface area contributed by atoms with Crippen molar-refractivity contribution >= 4 is 74.1 Å². The van der Waals surface area contributed by atoms with E-state index in [0.717, 1.165) is 4.90 Å². The number of allylic oxidation sites excluding steroid dienone is 2. The van der Waals surface area contributed by atoms with Gasteiger partial charge in [0.15, 0.2) is 33.0 Å². The van der Waals surface area contributed by atoms with Gasteiger partial charge in [-0.1, -0.05) is 39.7 Å². The van der Waals surface area contributed by atoms with Gasteiger partial charge in [0, 0.05) is 10.4 Å². The first-order chi connectivity index (χ1) is 22.1. The van der Waals surface area contributed by atoms with Crippen molar-refractivity contribution in [2.24, 2.45) is 17.8 Å². The summed E-state index contributed by atoms with van der Waals surface area (Å²) in [5.41, 5.74) is -1.08. The molecule has 7 nitrogen and oxygen atoms in total. The van der Waals surface area contributed by atoms with Gasteiger partial charge in [0.25, 0.3) is 11.8 Å². The van der Waals surface area contributed by atoms with Crippen molar-refractivity contribution in [3.05, 3.63) is 99.3 Å². The van der Waals surface area contributed by atoms with Crippen LogP contribution in [0.2, 0.25) is 0 Å². The van der Waals surface area contributed by atoms with Crippen LogP contribution in [0.1, 0.15) is 24.3 Å². The standard InChI is InChI=1S/C32H18BrCl2F5N2O5/c33-13-3-5-14(6-4-13)41-27(44)17-10-9-16-18(19(17)28(41)45)11-31(34)29(46)42(26-24(39)22(37)21(36)23(38)25(26)40)30(47)32(31,35)20(16)12-1-7-15(43)8-2-12/h1-9,17-20,43H,10-11H2. The second kappa shape index (κ2) is 10.6. The number of phenolic OH excluding ortho intramolecular Hbond substituents is 1. The number of anilines is 2. The molecule has 242 valence electrons. The first-order valence-corrected chi connectivity index (χ1v) is 15.6. The van der Waals surface area contributed by atoms with Crippen LogP contribution in [0.5, 0.6) is 5.75 Å². The number of hydrogen-bond acceptors (Lipinski definition) is 5. The quantitative estimate of drug-likeness (QED) is 0.0811. The highest BCUT2D eigenvalue weighted by molar-refractivity contribution is 9.10. The van der Waals surface area contributed by atoms with Crippen LogP contribution in [0.25, 0.3) is 0 Å². The molecule has 2 saturated heterocycles. The molecule has 2 aliphatic carbocycles. The zero-order valence-electron chi connectivity index (χ0n) is 23.4. The maximum atomic E-state index is 15.1. The molecule has 0 bridgehead atoms. The van der Waals surface area contributed by atoms with E-state index in [1.54, 1.807) is 30.3 Å². The number of benzene rings is 3. The van der Waals surface area contributed by atoms with Gasteiger partial charge in [0.1, 0.15) is 11.4 Å². The molecular formula is C32H18BrCl2F5N2O5. The Hall–Kier alpha value is -3.81. The number of phenols is 1.